The first-order valence-corrected chi connectivity index (χ1v) is 4.19. The maximum Gasteiger partial charge on any atom is 0.150 e. The van der Waals surface area contributed by atoms with Crippen LogP contribution in [0.4, 0.5) is 5.69 Å². The Hall–Kier alpha value is -1.35. The standard InChI is InChI=1S/C10H13NO2/c1-3-13-11(2)10-6-4-9(8-12)5-7-10/h4-8H,3H2,1-2H3. The summed E-state index contributed by atoms with van der Waals surface area (Å²) in [6.07, 6.45) is 0.824. The largest absolute Gasteiger partial charge is 0.298 e. The van der Waals surface area contributed by atoms with Gasteiger partial charge >= 0.3 is 0 Å². The van der Waals surface area contributed by atoms with Crippen LogP contribution in [0, 0.1) is 0 Å². The predicted molar refractivity (Wildman–Crippen MR) is 51.9 cm³/mol. The van der Waals surface area contributed by atoms with Gasteiger partial charge < -0.3 is 0 Å². The zero-order chi connectivity index (χ0) is 9.68. The van der Waals surface area contributed by atoms with Crippen LogP contribution in [0.15, 0.2) is 24.3 Å². The van der Waals surface area contributed by atoms with E-state index in [0.29, 0.717) is 12.2 Å². The Kier molecular flexibility index (Phi) is 3.46. The zero-order valence-electron chi connectivity index (χ0n) is 7.86. The fourth-order valence-electron chi connectivity index (χ4n) is 1.03. The Labute approximate surface area is 77.9 Å². The van der Waals surface area contributed by atoms with Crippen molar-refractivity contribution in [2.45, 2.75) is 6.92 Å². The first-order valence-electron chi connectivity index (χ1n) is 4.19. The van der Waals surface area contributed by atoms with Crippen LogP contribution in [-0.2, 0) is 4.84 Å². The van der Waals surface area contributed by atoms with Gasteiger partial charge in [-0.05, 0) is 31.2 Å². The minimum atomic E-state index is 0.631. The van der Waals surface area contributed by atoms with E-state index in [4.69, 9.17) is 4.84 Å². The summed E-state index contributed by atoms with van der Waals surface area (Å²) in [5.41, 5.74) is 1.61. The smallest absolute Gasteiger partial charge is 0.150 e. The number of benzene rings is 1. The molecule has 3 nitrogen and oxygen atoms in total. The van der Waals surface area contributed by atoms with Gasteiger partial charge in [0, 0.05) is 12.6 Å². The lowest BCUT2D eigenvalue weighted by Gasteiger charge is -2.17. The van der Waals surface area contributed by atoms with Crippen LogP contribution in [0.5, 0.6) is 0 Å². The highest BCUT2D eigenvalue weighted by molar-refractivity contribution is 5.75. The molecular formula is C10H13NO2. The number of hydrogen-bond acceptors (Lipinski definition) is 3. The second-order valence-electron chi connectivity index (χ2n) is 2.62. The molecule has 0 heterocycles. The van der Waals surface area contributed by atoms with Crippen molar-refractivity contribution in [3.05, 3.63) is 29.8 Å². The Balaban J connectivity index is 2.73. The van der Waals surface area contributed by atoms with Crippen molar-refractivity contribution in [2.24, 2.45) is 0 Å². The summed E-state index contributed by atoms with van der Waals surface area (Å²) in [7, 11) is 1.83. The molecule has 0 amide bonds. The fourth-order valence-corrected chi connectivity index (χ4v) is 1.03. The van der Waals surface area contributed by atoms with Gasteiger partial charge in [-0.15, -0.1) is 0 Å². The second-order valence-corrected chi connectivity index (χ2v) is 2.62. The molecule has 1 aromatic rings. The van der Waals surface area contributed by atoms with E-state index >= 15 is 0 Å². The number of carbonyl (C=O) groups is 1. The number of aldehydes is 1. The number of nitrogens with zero attached hydrogens (tertiary/aromatic N) is 1. The number of anilines is 1. The van der Waals surface area contributed by atoms with Gasteiger partial charge in [-0.3, -0.25) is 14.7 Å². The SMILES string of the molecule is CCON(C)c1ccc(C=O)cc1. The molecule has 1 rings (SSSR count). The quantitative estimate of drug-likeness (QED) is 0.522. The summed E-state index contributed by atoms with van der Waals surface area (Å²) < 4.78 is 0. The minimum absolute atomic E-state index is 0.631. The highest BCUT2D eigenvalue weighted by Gasteiger charge is 1.98. The van der Waals surface area contributed by atoms with Crippen molar-refractivity contribution >= 4 is 12.0 Å². The van der Waals surface area contributed by atoms with Gasteiger partial charge in [-0.25, -0.2) is 0 Å². The molecule has 0 atom stereocenters. The lowest BCUT2D eigenvalue weighted by molar-refractivity contribution is 0.112. The molecule has 0 aliphatic carbocycles. The van der Waals surface area contributed by atoms with Gasteiger partial charge in [0.2, 0.25) is 0 Å². The van der Waals surface area contributed by atoms with Gasteiger partial charge in [-0.1, -0.05) is 0 Å². The van der Waals surface area contributed by atoms with E-state index in [1.165, 1.54) is 0 Å². The third-order valence-corrected chi connectivity index (χ3v) is 1.72. The van der Waals surface area contributed by atoms with Crippen molar-refractivity contribution in [3.63, 3.8) is 0 Å². The zero-order valence-corrected chi connectivity index (χ0v) is 7.86. The van der Waals surface area contributed by atoms with E-state index in [9.17, 15) is 4.79 Å². The van der Waals surface area contributed by atoms with Gasteiger partial charge in [-0.2, -0.15) is 0 Å². The number of hydroxylamine groups is 1. The van der Waals surface area contributed by atoms with Crippen LogP contribution in [-0.4, -0.2) is 19.9 Å². The maximum absolute atomic E-state index is 10.4. The normalized spacial score (nSPS) is 9.69. The maximum atomic E-state index is 10.4. The van der Waals surface area contributed by atoms with E-state index < -0.39 is 0 Å². The van der Waals surface area contributed by atoms with E-state index in [2.05, 4.69) is 0 Å². The highest BCUT2D eigenvalue weighted by Crippen LogP contribution is 2.12. The average molecular weight is 179 g/mol. The van der Waals surface area contributed by atoms with Gasteiger partial charge in [0.15, 0.2) is 0 Å². The molecule has 0 fully saturated rings. The molecule has 3 heteroatoms. The summed E-state index contributed by atoms with van der Waals surface area (Å²) in [4.78, 5) is 15.6. The van der Waals surface area contributed by atoms with Crippen LogP contribution >= 0.6 is 0 Å². The Morgan fingerprint density at radius 3 is 2.46 bits per heavy atom. The number of carbonyl (C=O) groups excluding carboxylic acids is 1. The van der Waals surface area contributed by atoms with Crippen LogP contribution in [0.2, 0.25) is 0 Å². The molecule has 0 aromatic heterocycles. The molecule has 0 unspecified atom stereocenters. The van der Waals surface area contributed by atoms with Gasteiger partial charge in [0.1, 0.15) is 6.29 Å². The van der Waals surface area contributed by atoms with E-state index in [0.717, 1.165) is 12.0 Å². The highest BCUT2D eigenvalue weighted by atomic mass is 16.7. The minimum Gasteiger partial charge on any atom is -0.298 e. The summed E-state index contributed by atoms with van der Waals surface area (Å²) >= 11 is 0. The Bertz CT molecular complexity index is 269. The lowest BCUT2D eigenvalue weighted by Crippen LogP contribution is -2.17. The third-order valence-electron chi connectivity index (χ3n) is 1.72. The first kappa shape index (κ1) is 9.74. The van der Waals surface area contributed by atoms with Crippen molar-refractivity contribution in [1.82, 2.24) is 0 Å². The predicted octanol–water partition coefficient (Wildman–Crippen LogP) is 1.89. The third kappa shape index (κ3) is 2.56. The molecule has 0 saturated heterocycles. The fraction of sp³-hybridized carbons (Fsp3) is 0.300. The summed E-state index contributed by atoms with van der Waals surface area (Å²) in [6.45, 7) is 2.56. The van der Waals surface area contributed by atoms with Crippen LogP contribution in [0.25, 0.3) is 0 Å². The molecule has 70 valence electrons. The molecule has 0 saturated carbocycles. The molecule has 1 aromatic carbocycles. The number of hydrogen-bond donors (Lipinski definition) is 0. The van der Waals surface area contributed by atoms with Crippen molar-refractivity contribution in [1.29, 1.82) is 0 Å². The van der Waals surface area contributed by atoms with Gasteiger partial charge in [0.05, 0.1) is 12.3 Å². The lowest BCUT2D eigenvalue weighted by atomic mass is 10.2. The average Bonchev–Trinajstić information content (AvgIpc) is 2.18. The molecular weight excluding hydrogens is 166 g/mol. The van der Waals surface area contributed by atoms with Crippen LogP contribution in [0.3, 0.4) is 0 Å². The summed E-state index contributed by atoms with van der Waals surface area (Å²) in [6, 6.07) is 7.22. The van der Waals surface area contributed by atoms with E-state index in [-0.39, 0.29) is 0 Å². The molecule has 13 heavy (non-hydrogen) atoms. The number of rotatable bonds is 4. The van der Waals surface area contributed by atoms with Gasteiger partial charge in [0.25, 0.3) is 0 Å². The van der Waals surface area contributed by atoms with Crippen LogP contribution in [0.1, 0.15) is 17.3 Å². The van der Waals surface area contributed by atoms with E-state index in [1.807, 2.05) is 26.1 Å². The Morgan fingerprint density at radius 1 is 1.38 bits per heavy atom. The molecule has 0 radical (unpaired) electrons. The first-order chi connectivity index (χ1) is 6.27. The molecule has 0 bridgehead atoms. The van der Waals surface area contributed by atoms with Crippen molar-refractivity contribution < 1.29 is 9.63 Å². The second kappa shape index (κ2) is 4.62. The van der Waals surface area contributed by atoms with Crippen LogP contribution < -0.4 is 5.06 Å². The van der Waals surface area contributed by atoms with Crippen molar-refractivity contribution in [3.8, 4) is 0 Å². The molecule has 0 aliphatic heterocycles. The topological polar surface area (TPSA) is 29.5 Å². The molecule has 0 aliphatic rings. The summed E-state index contributed by atoms with van der Waals surface area (Å²) in [5.74, 6) is 0. The molecule has 0 spiro atoms. The monoisotopic (exact) mass is 179 g/mol. The van der Waals surface area contributed by atoms with E-state index in [1.54, 1.807) is 17.2 Å². The van der Waals surface area contributed by atoms with Crippen molar-refractivity contribution in [2.75, 3.05) is 18.7 Å². The Morgan fingerprint density at radius 2 is 2.00 bits per heavy atom. The molecule has 0 N–H and O–H groups in total. The summed E-state index contributed by atoms with van der Waals surface area (Å²) in [5, 5.41) is 1.68.